The van der Waals surface area contributed by atoms with Gasteiger partial charge in [-0.1, -0.05) is 12.1 Å². The second kappa shape index (κ2) is 3.86. The molecule has 2 heterocycles. The summed E-state index contributed by atoms with van der Waals surface area (Å²) in [6.45, 7) is 0. The molecular formula is C12H10N4O. The van der Waals surface area contributed by atoms with Gasteiger partial charge in [0.25, 0.3) is 0 Å². The number of hydrogen-bond donors (Lipinski definition) is 2. The number of rotatable bonds is 2. The minimum Gasteiger partial charge on any atom is -0.508 e. The molecule has 0 saturated heterocycles. The first kappa shape index (κ1) is 9.77. The van der Waals surface area contributed by atoms with E-state index in [1.165, 1.54) is 6.33 Å². The number of aromatic hydroxyl groups is 1. The molecule has 0 aliphatic rings. The lowest BCUT2D eigenvalue weighted by atomic mass is 10.1. The average Bonchev–Trinajstić information content (AvgIpc) is 2.71. The molecule has 0 radical (unpaired) electrons. The second-order valence-electron chi connectivity index (χ2n) is 3.79. The van der Waals surface area contributed by atoms with Crippen LogP contribution in [0.3, 0.4) is 0 Å². The summed E-state index contributed by atoms with van der Waals surface area (Å²) in [5.41, 5.74) is 2.48. The van der Waals surface area contributed by atoms with Gasteiger partial charge in [-0.15, -0.1) is 0 Å². The van der Waals surface area contributed by atoms with Gasteiger partial charge in [-0.3, -0.25) is 0 Å². The van der Waals surface area contributed by atoms with Crippen molar-refractivity contribution in [3.63, 3.8) is 0 Å². The maximum atomic E-state index is 9.38. The van der Waals surface area contributed by atoms with Crippen molar-refractivity contribution in [1.29, 1.82) is 0 Å². The molecule has 0 aliphatic heterocycles. The number of H-pyrrole nitrogens is 1. The van der Waals surface area contributed by atoms with Gasteiger partial charge in [0, 0.05) is 6.42 Å². The Balaban J connectivity index is 1.94. The zero-order valence-corrected chi connectivity index (χ0v) is 8.96. The monoisotopic (exact) mass is 226 g/mol. The Kier molecular flexibility index (Phi) is 2.22. The lowest BCUT2D eigenvalue weighted by Crippen LogP contribution is -1.89. The van der Waals surface area contributed by atoms with Gasteiger partial charge in [-0.05, 0) is 17.7 Å². The lowest BCUT2D eigenvalue weighted by molar-refractivity contribution is 0.474. The normalized spacial score (nSPS) is 10.8. The molecule has 2 N–H and O–H groups in total. The average molecular weight is 226 g/mol. The van der Waals surface area contributed by atoms with Crippen molar-refractivity contribution < 1.29 is 5.11 Å². The summed E-state index contributed by atoms with van der Waals surface area (Å²) in [5.74, 6) is 1.07. The largest absolute Gasteiger partial charge is 0.508 e. The molecule has 0 saturated carbocycles. The Morgan fingerprint density at radius 3 is 3.06 bits per heavy atom. The van der Waals surface area contributed by atoms with Gasteiger partial charge in [0.2, 0.25) is 0 Å². The summed E-state index contributed by atoms with van der Waals surface area (Å²) < 4.78 is 0. The Hall–Kier alpha value is -2.43. The summed E-state index contributed by atoms with van der Waals surface area (Å²) in [6, 6.07) is 7.12. The van der Waals surface area contributed by atoms with E-state index in [2.05, 4.69) is 19.9 Å². The molecule has 17 heavy (non-hydrogen) atoms. The van der Waals surface area contributed by atoms with E-state index >= 15 is 0 Å². The first-order valence-electron chi connectivity index (χ1n) is 5.24. The van der Waals surface area contributed by atoms with E-state index < -0.39 is 0 Å². The van der Waals surface area contributed by atoms with Gasteiger partial charge in [0.1, 0.15) is 23.4 Å². The zero-order valence-electron chi connectivity index (χ0n) is 8.96. The number of imidazole rings is 1. The fourth-order valence-electron chi connectivity index (χ4n) is 1.76. The number of aromatic amines is 1. The highest BCUT2D eigenvalue weighted by Gasteiger charge is 2.04. The smallest absolute Gasteiger partial charge is 0.180 e. The molecule has 84 valence electrons. The topological polar surface area (TPSA) is 74.7 Å². The fourth-order valence-corrected chi connectivity index (χ4v) is 1.76. The van der Waals surface area contributed by atoms with E-state index in [0.717, 1.165) is 16.9 Å². The third-order valence-electron chi connectivity index (χ3n) is 2.49. The molecule has 1 aromatic carbocycles. The highest BCUT2D eigenvalue weighted by Crippen LogP contribution is 2.15. The van der Waals surface area contributed by atoms with Crippen molar-refractivity contribution in [2.45, 2.75) is 6.42 Å². The predicted octanol–water partition coefficient (Wildman–Crippen LogP) is 1.65. The van der Waals surface area contributed by atoms with Crippen LogP contribution in [0, 0.1) is 0 Å². The molecule has 3 rings (SSSR count). The van der Waals surface area contributed by atoms with Crippen molar-refractivity contribution in [2.24, 2.45) is 0 Å². The Bertz CT molecular complexity index is 629. The lowest BCUT2D eigenvalue weighted by Gasteiger charge is -1.98. The number of hydrogen-bond acceptors (Lipinski definition) is 4. The molecule has 3 aromatic rings. The van der Waals surface area contributed by atoms with E-state index in [0.29, 0.717) is 12.1 Å². The third-order valence-corrected chi connectivity index (χ3v) is 2.49. The Morgan fingerprint density at radius 1 is 1.29 bits per heavy atom. The van der Waals surface area contributed by atoms with Crippen LogP contribution in [-0.4, -0.2) is 25.0 Å². The number of aromatic nitrogens is 4. The van der Waals surface area contributed by atoms with Gasteiger partial charge in [-0.25, -0.2) is 15.0 Å². The van der Waals surface area contributed by atoms with Crippen molar-refractivity contribution in [2.75, 3.05) is 0 Å². The summed E-state index contributed by atoms with van der Waals surface area (Å²) in [5, 5.41) is 9.38. The summed E-state index contributed by atoms with van der Waals surface area (Å²) >= 11 is 0. The van der Waals surface area contributed by atoms with Crippen LogP contribution in [0.2, 0.25) is 0 Å². The minimum atomic E-state index is 0.262. The van der Waals surface area contributed by atoms with Crippen LogP contribution < -0.4 is 0 Å². The summed E-state index contributed by atoms with van der Waals surface area (Å²) in [7, 11) is 0. The molecule has 2 aromatic heterocycles. The SMILES string of the molecule is Oc1cccc(Cc2nc3ncncc3[nH]2)c1. The van der Waals surface area contributed by atoms with Crippen LogP contribution in [0.25, 0.3) is 11.2 Å². The predicted molar refractivity (Wildman–Crippen MR) is 62.6 cm³/mol. The molecule has 0 bridgehead atoms. The molecule has 0 amide bonds. The number of nitrogens with one attached hydrogen (secondary N) is 1. The quantitative estimate of drug-likeness (QED) is 0.696. The van der Waals surface area contributed by atoms with Crippen LogP contribution in [0.4, 0.5) is 0 Å². The van der Waals surface area contributed by atoms with Crippen LogP contribution >= 0.6 is 0 Å². The van der Waals surface area contributed by atoms with Gasteiger partial charge in [0.05, 0.1) is 6.20 Å². The van der Waals surface area contributed by atoms with Crippen molar-refractivity contribution >= 4 is 11.2 Å². The van der Waals surface area contributed by atoms with Gasteiger partial charge in [0.15, 0.2) is 5.65 Å². The number of nitrogens with zero attached hydrogens (tertiary/aromatic N) is 3. The molecular weight excluding hydrogens is 216 g/mol. The van der Waals surface area contributed by atoms with E-state index in [-0.39, 0.29) is 5.75 Å². The number of fused-ring (bicyclic) bond motifs is 1. The van der Waals surface area contributed by atoms with Crippen LogP contribution in [0.5, 0.6) is 5.75 Å². The van der Waals surface area contributed by atoms with Gasteiger partial charge in [-0.2, -0.15) is 0 Å². The second-order valence-corrected chi connectivity index (χ2v) is 3.79. The highest BCUT2D eigenvalue weighted by atomic mass is 16.3. The van der Waals surface area contributed by atoms with Crippen LogP contribution in [0.1, 0.15) is 11.4 Å². The minimum absolute atomic E-state index is 0.262. The Labute approximate surface area is 97.2 Å². The summed E-state index contributed by atoms with van der Waals surface area (Å²) in [4.78, 5) is 15.5. The maximum Gasteiger partial charge on any atom is 0.180 e. The summed E-state index contributed by atoms with van der Waals surface area (Å²) in [6.07, 6.45) is 3.80. The van der Waals surface area contributed by atoms with Crippen molar-refractivity contribution in [3.05, 3.63) is 48.2 Å². The molecule has 5 heteroatoms. The molecule has 5 nitrogen and oxygen atoms in total. The third kappa shape index (κ3) is 1.94. The van der Waals surface area contributed by atoms with Crippen LogP contribution in [-0.2, 0) is 6.42 Å². The highest BCUT2D eigenvalue weighted by molar-refractivity contribution is 5.68. The van der Waals surface area contributed by atoms with E-state index in [4.69, 9.17) is 0 Å². The zero-order chi connectivity index (χ0) is 11.7. The van der Waals surface area contributed by atoms with E-state index in [1.807, 2.05) is 12.1 Å². The van der Waals surface area contributed by atoms with E-state index in [9.17, 15) is 5.11 Å². The van der Waals surface area contributed by atoms with Crippen molar-refractivity contribution in [3.8, 4) is 5.75 Å². The number of benzene rings is 1. The number of phenols is 1. The van der Waals surface area contributed by atoms with E-state index in [1.54, 1.807) is 18.3 Å². The molecule has 0 spiro atoms. The van der Waals surface area contributed by atoms with Crippen molar-refractivity contribution in [1.82, 2.24) is 19.9 Å². The van der Waals surface area contributed by atoms with Gasteiger partial charge < -0.3 is 10.1 Å². The molecule has 0 fully saturated rings. The molecule has 0 atom stereocenters. The molecule has 0 aliphatic carbocycles. The standard InChI is InChI=1S/C12H10N4O/c17-9-3-1-2-8(4-9)5-11-15-10-6-13-7-14-12(10)16-11/h1-4,6-7,17H,5H2,(H,13,14,15,16). The first-order valence-corrected chi connectivity index (χ1v) is 5.24. The number of phenolic OH excluding ortho intramolecular Hbond substituents is 1. The Morgan fingerprint density at radius 2 is 2.24 bits per heavy atom. The van der Waals surface area contributed by atoms with Gasteiger partial charge >= 0.3 is 0 Å². The van der Waals surface area contributed by atoms with Crippen LogP contribution in [0.15, 0.2) is 36.8 Å². The molecule has 0 unspecified atom stereocenters. The maximum absolute atomic E-state index is 9.38. The fraction of sp³-hybridized carbons (Fsp3) is 0.0833. The first-order chi connectivity index (χ1) is 8.31.